The van der Waals surface area contributed by atoms with Crippen molar-refractivity contribution in [2.75, 3.05) is 18.5 Å². The van der Waals surface area contributed by atoms with Crippen molar-refractivity contribution in [2.24, 2.45) is 28.5 Å². The first-order chi connectivity index (χ1) is 19.9. The van der Waals surface area contributed by atoms with Gasteiger partial charge in [-0.2, -0.15) is 0 Å². The molecule has 4 N–H and O–H groups in total. The minimum absolute atomic E-state index is 0. The minimum atomic E-state index is -0.710. The molecular weight excluding hydrogens is 751 g/mol. The number of rotatable bonds is 11. The maximum absolute atomic E-state index is 11.7. The number of aliphatic imine (C=N–C) groups is 1. The van der Waals surface area contributed by atoms with E-state index in [0.29, 0.717) is 19.1 Å². The predicted octanol–water partition coefficient (Wildman–Crippen LogP) is -3.37. The van der Waals surface area contributed by atoms with Gasteiger partial charge in [-0.1, -0.05) is 0 Å². The Kier molecular flexibility index (Phi) is 14.4. The zero-order chi connectivity index (χ0) is 29.2. The molecule has 1 saturated carbocycles. The zero-order valence-electron chi connectivity index (χ0n) is 24.5. The molecule has 8 nitrogen and oxygen atoms in total. The largest absolute Gasteiger partial charge is 1.00 e. The van der Waals surface area contributed by atoms with Crippen LogP contribution in [0.25, 0.3) is 5.57 Å². The van der Waals surface area contributed by atoms with Gasteiger partial charge in [-0.25, -0.2) is 0 Å². The molecular formula is C31H38I2LiN5O3-2. The van der Waals surface area contributed by atoms with Gasteiger partial charge in [-0.15, -0.1) is 0 Å². The van der Waals surface area contributed by atoms with Crippen LogP contribution in [-0.4, -0.2) is 40.4 Å². The smallest absolute Gasteiger partial charge is 1.00 e. The maximum Gasteiger partial charge on any atom is 1.00 e. The third-order valence-electron chi connectivity index (χ3n) is 7.41. The molecule has 2 aliphatic heterocycles. The second-order valence-electron chi connectivity index (χ2n) is 10.2. The second kappa shape index (κ2) is 17.4. The van der Waals surface area contributed by atoms with Crippen molar-refractivity contribution in [1.29, 1.82) is 0 Å². The SMILES string of the molecule is [CH2-]CC(C)/C(CNc1nccc(C2=C[I-]C=CN=C2)n1)=C(\N)C1=CC=C(OC[C@H]2CCCC[C@@H]2C(=O)O)C(C)=C[I-]1.[Li+]. The number of nitrogens with zero attached hydrogens (tertiary/aromatic N) is 3. The minimum Gasteiger partial charge on any atom is 1.00 e. The summed E-state index contributed by atoms with van der Waals surface area (Å²) in [6.45, 7) is 9.27. The van der Waals surface area contributed by atoms with E-state index in [1.54, 1.807) is 6.20 Å². The number of anilines is 1. The summed E-state index contributed by atoms with van der Waals surface area (Å²) in [6, 6.07) is 1.90. The molecule has 3 aliphatic rings. The Morgan fingerprint density at radius 3 is 2.88 bits per heavy atom. The molecule has 3 atom stereocenters. The van der Waals surface area contributed by atoms with Gasteiger partial charge in [-0.05, 0) is 0 Å². The maximum atomic E-state index is 11.7. The molecule has 0 aromatic carbocycles. The second-order valence-corrected chi connectivity index (χ2v) is 14.7. The van der Waals surface area contributed by atoms with Crippen LogP contribution in [0.5, 0.6) is 0 Å². The number of carboxylic acid groups (broad SMARTS) is 1. The zero-order valence-corrected chi connectivity index (χ0v) is 28.8. The molecule has 1 aliphatic carbocycles. The van der Waals surface area contributed by atoms with Gasteiger partial charge >= 0.3 is 284 Å². The molecule has 1 unspecified atom stereocenters. The number of hydrogen-bond acceptors (Lipinski definition) is 7. The quantitative estimate of drug-likeness (QED) is 0.122. The molecule has 4 rings (SSSR count). The fraction of sp³-hybridized carbons (Fsp3) is 0.387. The molecule has 11 heteroatoms. The van der Waals surface area contributed by atoms with Gasteiger partial charge in [-0.3, -0.25) is 0 Å². The monoisotopic (exact) mass is 789 g/mol. The molecule has 1 fully saturated rings. The van der Waals surface area contributed by atoms with E-state index in [1.165, 1.54) is 0 Å². The molecule has 0 saturated heterocycles. The van der Waals surface area contributed by atoms with Crippen molar-refractivity contribution in [3.05, 3.63) is 81.7 Å². The predicted molar refractivity (Wildman–Crippen MR) is 155 cm³/mol. The van der Waals surface area contributed by atoms with E-state index in [4.69, 9.17) is 15.5 Å². The normalized spacial score (nSPS) is 22.1. The van der Waals surface area contributed by atoms with Gasteiger partial charge in [0.2, 0.25) is 0 Å². The van der Waals surface area contributed by atoms with Crippen LogP contribution in [-0.2, 0) is 9.53 Å². The Hall–Kier alpha value is -1.88. The molecule has 3 heterocycles. The van der Waals surface area contributed by atoms with Crippen LogP contribution in [0, 0.1) is 24.7 Å². The van der Waals surface area contributed by atoms with Crippen molar-refractivity contribution in [3.8, 4) is 0 Å². The Bertz CT molecular complexity index is 1340. The fourth-order valence-electron chi connectivity index (χ4n) is 4.83. The number of hydrogen-bond donors (Lipinski definition) is 3. The number of halogens is 2. The van der Waals surface area contributed by atoms with Crippen LogP contribution >= 0.6 is 0 Å². The van der Waals surface area contributed by atoms with Crippen molar-refractivity contribution in [2.45, 2.75) is 46.0 Å². The number of allylic oxidation sites excluding steroid dienone is 5. The van der Waals surface area contributed by atoms with Crippen molar-refractivity contribution in [3.63, 3.8) is 0 Å². The summed E-state index contributed by atoms with van der Waals surface area (Å²) < 4.78 is 13.9. The van der Waals surface area contributed by atoms with Gasteiger partial charge in [0, 0.05) is 0 Å². The number of carboxylic acids is 1. The molecule has 42 heavy (non-hydrogen) atoms. The third-order valence-corrected chi connectivity index (χ3v) is 12.0. The molecule has 0 bridgehead atoms. The van der Waals surface area contributed by atoms with E-state index in [2.05, 4.69) is 54.4 Å². The van der Waals surface area contributed by atoms with Crippen LogP contribution in [0.15, 0.2) is 74.0 Å². The van der Waals surface area contributed by atoms with E-state index < -0.39 is 27.2 Å². The first-order valence-corrected chi connectivity index (χ1v) is 18.6. The van der Waals surface area contributed by atoms with Crippen LogP contribution in [0.1, 0.15) is 51.6 Å². The van der Waals surface area contributed by atoms with E-state index in [0.717, 1.165) is 69.6 Å². The standard InChI is InChI=1S/C31H38I2N5O3.Li/c1-4-20(2)25(18-37-31-36-13-11-27(38-31)23-16-32-12-14-35-17-23)29(34)26-9-10-28(21(3)15-33-26)41-19-22-7-5-6-8-24(22)30(39)40;/h9-17,20,22,24H,1,4-8,18-19,34H2,2-3H3,(H,39,40)(H,36,37,38);/q-3;+1/b29-25-;/t20?,22-,24+;/m1./s1. The summed E-state index contributed by atoms with van der Waals surface area (Å²) in [5.74, 6) is 0.532. The van der Waals surface area contributed by atoms with E-state index in [1.807, 2.05) is 24.6 Å². The van der Waals surface area contributed by atoms with Crippen LogP contribution < -0.4 is 72.3 Å². The van der Waals surface area contributed by atoms with Crippen LogP contribution in [0.4, 0.5) is 5.95 Å². The summed E-state index contributed by atoms with van der Waals surface area (Å²) in [6.07, 6.45) is 13.9. The molecule has 1 aromatic rings. The molecule has 0 amide bonds. The summed E-state index contributed by atoms with van der Waals surface area (Å²) >= 11 is -0.676. The van der Waals surface area contributed by atoms with Gasteiger partial charge in [0.15, 0.2) is 0 Å². The van der Waals surface area contributed by atoms with Crippen LogP contribution in [0.3, 0.4) is 0 Å². The number of aliphatic carboxylic acids is 1. The summed E-state index contributed by atoms with van der Waals surface area (Å²) in [4.78, 5) is 25.2. The first-order valence-electron chi connectivity index (χ1n) is 13.8. The third kappa shape index (κ3) is 9.56. The van der Waals surface area contributed by atoms with Gasteiger partial charge in [0.1, 0.15) is 0 Å². The van der Waals surface area contributed by atoms with E-state index in [-0.39, 0.29) is 57.8 Å². The molecule has 222 valence electrons. The number of carbonyl (C=O) groups is 1. The van der Waals surface area contributed by atoms with Gasteiger partial charge < -0.3 is 0 Å². The average molecular weight is 789 g/mol. The summed E-state index contributed by atoms with van der Waals surface area (Å²) in [5.41, 5.74) is 11.6. The Balaban J connectivity index is 0.00000484. The number of nitrogens with two attached hydrogens (primary N) is 1. The Morgan fingerprint density at radius 1 is 1.29 bits per heavy atom. The van der Waals surface area contributed by atoms with Crippen molar-refractivity contribution >= 4 is 23.7 Å². The Labute approximate surface area is 281 Å². The number of aromatic nitrogens is 2. The van der Waals surface area contributed by atoms with E-state index in [9.17, 15) is 9.90 Å². The topological polar surface area (TPSA) is 123 Å². The van der Waals surface area contributed by atoms with Gasteiger partial charge in [0.05, 0.1) is 0 Å². The van der Waals surface area contributed by atoms with Gasteiger partial charge in [0.25, 0.3) is 0 Å². The molecule has 0 spiro atoms. The molecule has 0 radical (unpaired) electrons. The first kappa shape index (κ1) is 34.6. The summed E-state index contributed by atoms with van der Waals surface area (Å²) in [5, 5.41) is 13.0. The number of nitrogens with one attached hydrogen (secondary N) is 1. The number of ether oxygens (including phenoxy) is 1. The summed E-state index contributed by atoms with van der Waals surface area (Å²) in [7, 11) is 0. The van der Waals surface area contributed by atoms with Crippen molar-refractivity contribution < 1.29 is 75.9 Å². The Morgan fingerprint density at radius 2 is 2.10 bits per heavy atom. The fourth-order valence-corrected chi connectivity index (χ4v) is 8.46. The average Bonchev–Trinajstić information content (AvgIpc) is 3.37. The molecule has 1 aromatic heterocycles. The van der Waals surface area contributed by atoms with Crippen LogP contribution in [0.2, 0.25) is 0 Å². The van der Waals surface area contributed by atoms with Crippen molar-refractivity contribution in [1.82, 2.24) is 9.97 Å². The van der Waals surface area contributed by atoms with E-state index >= 15 is 0 Å².